The minimum atomic E-state index is -1.13. The SMILES string of the molecule is Cn1cc(C(=O)Nc2cc(C(=O)O)[nH]n2)c2ccccc21. The number of aromatic nitrogens is 3. The second kappa shape index (κ2) is 4.78. The van der Waals surface area contributed by atoms with Gasteiger partial charge in [0.25, 0.3) is 5.91 Å². The van der Waals surface area contributed by atoms with E-state index in [0.29, 0.717) is 5.56 Å². The van der Waals surface area contributed by atoms with Crippen LogP contribution in [0.15, 0.2) is 36.5 Å². The second-order valence-electron chi connectivity index (χ2n) is 4.60. The highest BCUT2D eigenvalue weighted by atomic mass is 16.4. The van der Waals surface area contributed by atoms with Crippen molar-refractivity contribution in [2.45, 2.75) is 0 Å². The van der Waals surface area contributed by atoms with Gasteiger partial charge in [-0.1, -0.05) is 18.2 Å². The summed E-state index contributed by atoms with van der Waals surface area (Å²) < 4.78 is 1.86. The number of H-pyrrole nitrogens is 1. The van der Waals surface area contributed by atoms with Crippen LogP contribution in [0.4, 0.5) is 5.82 Å². The molecular weight excluding hydrogens is 272 g/mol. The number of fused-ring (bicyclic) bond motifs is 1. The topological polar surface area (TPSA) is 100 Å². The van der Waals surface area contributed by atoms with Crippen molar-refractivity contribution in [3.05, 3.63) is 47.8 Å². The zero-order chi connectivity index (χ0) is 15.0. The summed E-state index contributed by atoms with van der Waals surface area (Å²) in [5, 5.41) is 18.3. The monoisotopic (exact) mass is 284 g/mol. The molecule has 2 aromatic heterocycles. The van der Waals surface area contributed by atoms with Gasteiger partial charge in [0.1, 0.15) is 5.69 Å². The predicted molar refractivity (Wildman–Crippen MR) is 76.4 cm³/mol. The fourth-order valence-corrected chi connectivity index (χ4v) is 2.20. The van der Waals surface area contributed by atoms with Gasteiger partial charge in [0, 0.05) is 30.2 Å². The van der Waals surface area contributed by atoms with Gasteiger partial charge in [-0.25, -0.2) is 4.79 Å². The average molecular weight is 284 g/mol. The molecule has 0 spiro atoms. The number of carboxylic acids is 1. The summed E-state index contributed by atoms with van der Waals surface area (Å²) in [6.07, 6.45) is 1.73. The Balaban J connectivity index is 1.91. The molecule has 0 fully saturated rings. The van der Waals surface area contributed by atoms with Crippen molar-refractivity contribution >= 4 is 28.6 Å². The Morgan fingerprint density at radius 1 is 1.33 bits per heavy atom. The fraction of sp³-hybridized carbons (Fsp3) is 0.0714. The maximum atomic E-state index is 12.3. The number of amides is 1. The molecule has 0 aliphatic carbocycles. The number of nitrogens with one attached hydrogen (secondary N) is 2. The Morgan fingerprint density at radius 3 is 2.81 bits per heavy atom. The summed E-state index contributed by atoms with van der Waals surface area (Å²) >= 11 is 0. The molecule has 21 heavy (non-hydrogen) atoms. The molecule has 3 aromatic rings. The highest BCUT2D eigenvalue weighted by molar-refractivity contribution is 6.12. The molecule has 106 valence electrons. The molecule has 3 rings (SSSR count). The average Bonchev–Trinajstić information content (AvgIpc) is 3.05. The van der Waals surface area contributed by atoms with E-state index in [2.05, 4.69) is 15.5 Å². The zero-order valence-corrected chi connectivity index (χ0v) is 11.1. The summed E-state index contributed by atoms with van der Waals surface area (Å²) in [7, 11) is 1.86. The number of carbonyl (C=O) groups excluding carboxylic acids is 1. The fourth-order valence-electron chi connectivity index (χ4n) is 2.20. The first kappa shape index (κ1) is 12.9. The quantitative estimate of drug-likeness (QED) is 0.683. The van der Waals surface area contributed by atoms with Gasteiger partial charge >= 0.3 is 5.97 Å². The van der Waals surface area contributed by atoms with Gasteiger partial charge in [-0.2, -0.15) is 5.10 Å². The highest BCUT2D eigenvalue weighted by Crippen LogP contribution is 2.21. The van der Waals surface area contributed by atoms with Gasteiger partial charge in [-0.3, -0.25) is 9.89 Å². The number of hydrogen-bond donors (Lipinski definition) is 3. The van der Waals surface area contributed by atoms with Gasteiger partial charge in [0.2, 0.25) is 0 Å². The van der Waals surface area contributed by atoms with Crippen LogP contribution >= 0.6 is 0 Å². The van der Waals surface area contributed by atoms with Gasteiger partial charge in [-0.15, -0.1) is 0 Å². The van der Waals surface area contributed by atoms with Crippen LogP contribution in [-0.4, -0.2) is 31.7 Å². The zero-order valence-electron chi connectivity index (χ0n) is 11.1. The largest absolute Gasteiger partial charge is 0.477 e. The molecule has 0 bridgehead atoms. The van der Waals surface area contributed by atoms with Crippen LogP contribution in [0.25, 0.3) is 10.9 Å². The van der Waals surface area contributed by atoms with Gasteiger partial charge in [0.05, 0.1) is 5.56 Å². The van der Waals surface area contributed by atoms with Crippen molar-refractivity contribution in [3.8, 4) is 0 Å². The first-order chi connectivity index (χ1) is 10.1. The minimum absolute atomic E-state index is 0.0804. The van der Waals surface area contributed by atoms with Crippen LogP contribution in [0.3, 0.4) is 0 Å². The number of carbonyl (C=O) groups is 2. The Labute approximate surface area is 119 Å². The van der Waals surface area contributed by atoms with Gasteiger partial charge in [-0.05, 0) is 6.07 Å². The summed E-state index contributed by atoms with van der Waals surface area (Å²) in [6, 6.07) is 8.80. The number of aromatic carboxylic acids is 1. The molecule has 1 amide bonds. The number of carboxylic acid groups (broad SMARTS) is 1. The molecule has 0 aliphatic heterocycles. The van der Waals surface area contributed by atoms with Crippen molar-refractivity contribution in [2.75, 3.05) is 5.32 Å². The second-order valence-corrected chi connectivity index (χ2v) is 4.60. The number of hydrogen-bond acceptors (Lipinski definition) is 3. The van der Waals surface area contributed by atoms with E-state index in [0.717, 1.165) is 10.9 Å². The summed E-state index contributed by atoms with van der Waals surface area (Å²) in [6.45, 7) is 0. The van der Waals surface area contributed by atoms with E-state index in [4.69, 9.17) is 5.11 Å². The van der Waals surface area contributed by atoms with Gasteiger partial charge < -0.3 is 15.0 Å². The first-order valence-electron chi connectivity index (χ1n) is 6.20. The number of benzene rings is 1. The van der Waals surface area contributed by atoms with Crippen LogP contribution in [0.5, 0.6) is 0 Å². The molecule has 0 atom stereocenters. The first-order valence-corrected chi connectivity index (χ1v) is 6.20. The molecule has 2 heterocycles. The molecule has 7 nitrogen and oxygen atoms in total. The summed E-state index contributed by atoms with van der Waals surface area (Å²) in [5.41, 5.74) is 1.37. The molecule has 0 saturated carbocycles. The molecule has 0 radical (unpaired) electrons. The number of aromatic amines is 1. The maximum absolute atomic E-state index is 12.3. The van der Waals surface area contributed by atoms with E-state index >= 15 is 0 Å². The normalized spacial score (nSPS) is 10.7. The van der Waals surface area contributed by atoms with Gasteiger partial charge in [0.15, 0.2) is 5.82 Å². The number of aryl methyl sites for hydroxylation is 1. The third-order valence-corrected chi connectivity index (χ3v) is 3.19. The summed E-state index contributed by atoms with van der Waals surface area (Å²) in [4.78, 5) is 23.1. The lowest BCUT2D eigenvalue weighted by atomic mass is 10.1. The van der Waals surface area contributed by atoms with E-state index in [1.807, 2.05) is 35.9 Å². The summed E-state index contributed by atoms with van der Waals surface area (Å²) in [5.74, 6) is -1.30. The van der Waals surface area contributed by atoms with E-state index < -0.39 is 5.97 Å². The van der Waals surface area contributed by atoms with E-state index in [1.165, 1.54) is 6.07 Å². The smallest absolute Gasteiger partial charge is 0.353 e. The van der Waals surface area contributed by atoms with Crippen molar-refractivity contribution in [3.63, 3.8) is 0 Å². The van der Waals surface area contributed by atoms with E-state index in [1.54, 1.807) is 6.20 Å². The van der Waals surface area contributed by atoms with E-state index in [9.17, 15) is 9.59 Å². The number of rotatable bonds is 3. The lowest BCUT2D eigenvalue weighted by Gasteiger charge is -1.99. The Hall–Kier alpha value is -3.09. The standard InChI is InChI=1S/C14H12N4O3/c1-18-7-9(8-4-2-3-5-11(8)18)13(19)15-12-6-10(14(20)21)16-17-12/h2-7H,1H3,(H,20,21)(H2,15,16,17,19). The molecule has 7 heteroatoms. The van der Waals surface area contributed by atoms with Crippen molar-refractivity contribution in [2.24, 2.45) is 7.05 Å². The maximum Gasteiger partial charge on any atom is 0.353 e. The van der Waals surface area contributed by atoms with Crippen LogP contribution in [-0.2, 0) is 7.05 Å². The number of para-hydroxylation sites is 1. The third kappa shape index (κ3) is 2.25. The van der Waals surface area contributed by atoms with Crippen LogP contribution < -0.4 is 5.32 Å². The molecular formula is C14H12N4O3. The Morgan fingerprint density at radius 2 is 2.10 bits per heavy atom. The minimum Gasteiger partial charge on any atom is -0.477 e. The van der Waals surface area contributed by atoms with Crippen molar-refractivity contribution < 1.29 is 14.7 Å². The Bertz CT molecular complexity index is 847. The van der Waals surface area contributed by atoms with Crippen molar-refractivity contribution in [1.29, 1.82) is 0 Å². The van der Waals surface area contributed by atoms with Crippen LogP contribution in [0.2, 0.25) is 0 Å². The molecule has 3 N–H and O–H groups in total. The number of nitrogens with zero attached hydrogens (tertiary/aromatic N) is 2. The highest BCUT2D eigenvalue weighted by Gasteiger charge is 2.15. The lowest BCUT2D eigenvalue weighted by Crippen LogP contribution is -2.11. The predicted octanol–water partition coefficient (Wildman–Crippen LogP) is 1.85. The molecule has 1 aromatic carbocycles. The lowest BCUT2D eigenvalue weighted by molar-refractivity contribution is 0.0690. The van der Waals surface area contributed by atoms with Crippen LogP contribution in [0, 0.1) is 0 Å². The van der Waals surface area contributed by atoms with Crippen molar-refractivity contribution in [1.82, 2.24) is 14.8 Å². The molecule has 0 unspecified atom stereocenters. The molecule has 0 aliphatic rings. The number of anilines is 1. The third-order valence-electron chi connectivity index (χ3n) is 3.19. The van der Waals surface area contributed by atoms with E-state index in [-0.39, 0.29) is 17.4 Å². The van der Waals surface area contributed by atoms with Crippen LogP contribution in [0.1, 0.15) is 20.8 Å². The Kier molecular flexibility index (Phi) is 2.94. The molecule has 0 saturated heterocycles.